The molecule has 0 saturated carbocycles. The molecule has 0 aliphatic heterocycles. The van der Waals surface area contributed by atoms with Gasteiger partial charge in [-0.2, -0.15) is 0 Å². The number of hydrogen-bond acceptors (Lipinski definition) is 6. The van der Waals surface area contributed by atoms with Crippen LogP contribution >= 0.6 is 7.82 Å². The molecule has 0 rings (SSSR count). The average Bonchev–Trinajstić information content (AvgIpc) is 3.20. The molecular weight excluding hydrogens is 768 g/mol. The van der Waals surface area contributed by atoms with E-state index in [0.717, 1.165) is 38.5 Å². The Morgan fingerprint density at radius 3 is 1.13 bits per heavy atom. The minimum absolute atomic E-state index is 0.0158. The molecule has 3 atom stereocenters. The van der Waals surface area contributed by atoms with E-state index in [-0.39, 0.29) is 19.1 Å². The van der Waals surface area contributed by atoms with Crippen LogP contribution in [0.1, 0.15) is 271 Å². The summed E-state index contributed by atoms with van der Waals surface area (Å²) in [4.78, 5) is 25.2. The zero-order chi connectivity index (χ0) is 44.3. The quantitative estimate of drug-likeness (QED) is 0.0358. The van der Waals surface area contributed by atoms with Gasteiger partial charge in [0.2, 0.25) is 5.91 Å². The van der Waals surface area contributed by atoms with E-state index < -0.39 is 20.0 Å². The summed E-state index contributed by atoms with van der Waals surface area (Å²) in [6, 6.07) is -0.792. The summed E-state index contributed by atoms with van der Waals surface area (Å²) in [6.45, 7) is 4.72. The standard InChI is InChI=1S/C51H105N2O6P/c1-6-8-10-12-14-16-17-18-19-20-21-22-23-24-25-26-27-28-29-30-31-32-33-34-35-36-37-38-40-42-44-50(54)49(48-59-60(56,57)58-47-46-53(3,4)5)52-51(55)45-43-41-39-15-13-11-9-7-2/h49-50,54H,6-48H2,1-5H3,(H-,52,55,56,57). The number of carbonyl (C=O) groups is 1. The maximum Gasteiger partial charge on any atom is 0.268 e. The van der Waals surface area contributed by atoms with E-state index in [9.17, 15) is 19.4 Å². The van der Waals surface area contributed by atoms with Crippen LogP contribution in [0.3, 0.4) is 0 Å². The van der Waals surface area contributed by atoms with Crippen LogP contribution in [0, 0.1) is 0 Å². The van der Waals surface area contributed by atoms with E-state index in [4.69, 9.17) is 9.05 Å². The molecule has 2 N–H and O–H groups in total. The molecule has 0 aromatic rings. The number of hydrogen-bond donors (Lipinski definition) is 2. The highest BCUT2D eigenvalue weighted by Gasteiger charge is 2.24. The number of phosphoric acid groups is 1. The third kappa shape index (κ3) is 45.5. The van der Waals surface area contributed by atoms with Crippen molar-refractivity contribution in [3.05, 3.63) is 0 Å². The molecule has 360 valence electrons. The second-order valence-electron chi connectivity index (χ2n) is 19.6. The second-order valence-corrected chi connectivity index (χ2v) is 21.0. The molecule has 0 aliphatic rings. The zero-order valence-electron chi connectivity index (χ0n) is 40.9. The minimum atomic E-state index is -4.55. The molecule has 9 heteroatoms. The van der Waals surface area contributed by atoms with Gasteiger partial charge in [-0.15, -0.1) is 0 Å². The van der Waals surface area contributed by atoms with Crippen molar-refractivity contribution < 1.29 is 32.9 Å². The van der Waals surface area contributed by atoms with Crippen molar-refractivity contribution in [3.63, 3.8) is 0 Å². The fourth-order valence-electron chi connectivity index (χ4n) is 8.16. The smallest absolute Gasteiger partial charge is 0.268 e. The van der Waals surface area contributed by atoms with Crippen LogP contribution in [-0.2, 0) is 18.4 Å². The van der Waals surface area contributed by atoms with Crippen LogP contribution in [0.15, 0.2) is 0 Å². The highest BCUT2D eigenvalue weighted by molar-refractivity contribution is 7.45. The first kappa shape index (κ1) is 59.5. The summed E-state index contributed by atoms with van der Waals surface area (Å²) in [7, 11) is 1.32. The van der Waals surface area contributed by atoms with Crippen LogP contribution in [0.5, 0.6) is 0 Å². The molecule has 1 amide bonds. The van der Waals surface area contributed by atoms with Gasteiger partial charge in [-0.3, -0.25) is 9.36 Å². The lowest BCUT2D eigenvalue weighted by Crippen LogP contribution is -2.46. The summed E-state index contributed by atoms with van der Waals surface area (Å²) in [6.07, 6.45) is 50.2. The lowest BCUT2D eigenvalue weighted by atomic mass is 10.0. The van der Waals surface area contributed by atoms with Crippen LogP contribution in [0.25, 0.3) is 0 Å². The lowest BCUT2D eigenvalue weighted by Gasteiger charge is -2.30. The van der Waals surface area contributed by atoms with E-state index in [1.807, 2.05) is 21.1 Å². The molecule has 60 heavy (non-hydrogen) atoms. The van der Waals surface area contributed by atoms with E-state index >= 15 is 0 Å². The Bertz CT molecular complexity index is 947. The SMILES string of the molecule is CCCCCCCCCCCCCCCCCCCCCCCCCCCCCCCCC(O)C(COP(=O)([O-])OCC[N+](C)(C)C)NC(=O)CCCCCCCCCC. The number of carbonyl (C=O) groups excluding carboxylic acids is 1. The third-order valence-electron chi connectivity index (χ3n) is 12.3. The number of amides is 1. The Morgan fingerprint density at radius 2 is 0.817 bits per heavy atom. The van der Waals surface area contributed by atoms with Crippen LogP contribution in [0.2, 0.25) is 0 Å². The van der Waals surface area contributed by atoms with Gasteiger partial charge < -0.3 is 28.8 Å². The first-order valence-corrected chi connectivity index (χ1v) is 27.8. The summed E-state index contributed by atoms with van der Waals surface area (Å²) in [5.74, 6) is -0.166. The third-order valence-corrected chi connectivity index (χ3v) is 13.3. The van der Waals surface area contributed by atoms with Gasteiger partial charge in [-0.05, 0) is 12.8 Å². The number of phosphoric ester groups is 1. The molecule has 0 heterocycles. The summed E-state index contributed by atoms with van der Waals surface area (Å²) >= 11 is 0. The van der Waals surface area contributed by atoms with Crippen molar-refractivity contribution in [2.45, 2.75) is 283 Å². The van der Waals surface area contributed by atoms with Gasteiger partial charge in [0.1, 0.15) is 13.2 Å². The molecule has 0 aromatic carbocycles. The zero-order valence-corrected chi connectivity index (χ0v) is 41.8. The Hall–Kier alpha value is -0.500. The van der Waals surface area contributed by atoms with Crippen molar-refractivity contribution in [1.29, 1.82) is 0 Å². The molecule has 8 nitrogen and oxygen atoms in total. The predicted molar refractivity (Wildman–Crippen MR) is 256 cm³/mol. The number of aliphatic hydroxyl groups excluding tert-OH is 1. The largest absolute Gasteiger partial charge is 0.756 e. The average molecular weight is 873 g/mol. The van der Waals surface area contributed by atoms with Gasteiger partial charge in [0.15, 0.2) is 0 Å². The second kappa shape index (κ2) is 43.7. The fraction of sp³-hybridized carbons (Fsp3) is 0.980. The molecule has 0 bridgehead atoms. The molecular formula is C51H105N2O6P. The fourth-order valence-corrected chi connectivity index (χ4v) is 8.88. The van der Waals surface area contributed by atoms with E-state index in [0.29, 0.717) is 23.9 Å². The van der Waals surface area contributed by atoms with Crippen molar-refractivity contribution >= 4 is 13.7 Å². The normalized spacial score (nSPS) is 14.1. The number of aliphatic hydroxyl groups is 1. The lowest BCUT2D eigenvalue weighted by molar-refractivity contribution is -0.870. The number of rotatable bonds is 49. The van der Waals surface area contributed by atoms with Crippen molar-refractivity contribution in [2.24, 2.45) is 0 Å². The van der Waals surface area contributed by atoms with Gasteiger partial charge in [-0.25, -0.2) is 0 Å². The Morgan fingerprint density at radius 1 is 0.517 bits per heavy atom. The molecule has 0 fully saturated rings. The maximum atomic E-state index is 12.8. The van der Waals surface area contributed by atoms with Crippen molar-refractivity contribution in [2.75, 3.05) is 40.9 Å². The van der Waals surface area contributed by atoms with Crippen LogP contribution in [-0.4, -0.2) is 68.5 Å². The molecule has 0 aromatic heterocycles. The first-order valence-electron chi connectivity index (χ1n) is 26.4. The van der Waals surface area contributed by atoms with Gasteiger partial charge in [-0.1, -0.05) is 251 Å². The number of unbranched alkanes of at least 4 members (excludes halogenated alkanes) is 36. The number of nitrogens with one attached hydrogen (secondary N) is 1. The van der Waals surface area contributed by atoms with Crippen LogP contribution < -0.4 is 10.2 Å². The Labute approximate surface area is 374 Å². The van der Waals surface area contributed by atoms with Gasteiger partial charge in [0.25, 0.3) is 7.82 Å². The van der Waals surface area contributed by atoms with Crippen molar-refractivity contribution in [3.8, 4) is 0 Å². The first-order chi connectivity index (χ1) is 29.0. The summed E-state index contributed by atoms with van der Waals surface area (Å²) in [5.41, 5.74) is 0. The Kier molecular flexibility index (Phi) is 43.4. The van der Waals surface area contributed by atoms with Crippen LogP contribution in [0.4, 0.5) is 0 Å². The number of quaternary nitrogens is 1. The molecule has 3 unspecified atom stereocenters. The highest BCUT2D eigenvalue weighted by Crippen LogP contribution is 2.38. The van der Waals surface area contributed by atoms with E-state index in [2.05, 4.69) is 19.2 Å². The predicted octanol–water partition coefficient (Wildman–Crippen LogP) is 14.7. The molecule has 0 aliphatic carbocycles. The summed E-state index contributed by atoms with van der Waals surface area (Å²) < 4.78 is 23.3. The summed E-state index contributed by atoms with van der Waals surface area (Å²) in [5, 5.41) is 13.9. The van der Waals surface area contributed by atoms with E-state index in [1.165, 1.54) is 205 Å². The Balaban J connectivity index is 3.92. The van der Waals surface area contributed by atoms with Gasteiger partial charge >= 0.3 is 0 Å². The highest BCUT2D eigenvalue weighted by atomic mass is 31.2. The topological polar surface area (TPSA) is 108 Å². The number of likely N-dealkylation sites (N-methyl/N-ethyl adjacent to an activating group) is 1. The minimum Gasteiger partial charge on any atom is -0.756 e. The molecule has 0 radical (unpaired) electrons. The van der Waals surface area contributed by atoms with Gasteiger partial charge in [0.05, 0.1) is 39.9 Å². The van der Waals surface area contributed by atoms with E-state index in [1.54, 1.807) is 0 Å². The number of nitrogens with zero attached hydrogens (tertiary/aromatic N) is 1. The molecule has 0 spiro atoms. The maximum absolute atomic E-state index is 12.8. The molecule has 0 saturated heterocycles. The monoisotopic (exact) mass is 873 g/mol. The van der Waals surface area contributed by atoms with Gasteiger partial charge in [0, 0.05) is 6.42 Å². The van der Waals surface area contributed by atoms with Crippen molar-refractivity contribution in [1.82, 2.24) is 5.32 Å².